The molecule has 1 heterocycles. The number of nitrogens with one attached hydrogen (secondary N) is 2. The Hall–Kier alpha value is -2.29. The fraction of sp³-hybridized carbons (Fsp3) is 0.188. The zero-order chi connectivity index (χ0) is 17.3. The van der Waals surface area contributed by atoms with Crippen LogP contribution in [0.15, 0.2) is 40.9 Å². The molecule has 24 heavy (non-hydrogen) atoms. The topological polar surface area (TPSA) is 77.1 Å². The molecule has 1 aliphatic rings. The van der Waals surface area contributed by atoms with Crippen LogP contribution in [0.1, 0.15) is 11.1 Å². The highest BCUT2D eigenvalue weighted by Crippen LogP contribution is 2.31. The van der Waals surface area contributed by atoms with Crippen molar-refractivity contribution >= 4 is 27.6 Å². The van der Waals surface area contributed by atoms with Crippen molar-refractivity contribution in [2.24, 2.45) is 0 Å². The molecule has 0 aliphatic carbocycles. The molecule has 2 amide bonds. The predicted octanol–water partition coefficient (Wildman–Crippen LogP) is 2.84. The average molecular weight is 393 g/mol. The maximum absolute atomic E-state index is 12.2. The number of nitrogens with zero attached hydrogens (tertiary/aromatic N) is 2. The van der Waals surface area contributed by atoms with E-state index in [0.717, 1.165) is 11.1 Å². The lowest BCUT2D eigenvalue weighted by atomic mass is 10.1. The number of hydrogen-bond donors (Lipinski definition) is 3. The van der Waals surface area contributed by atoms with E-state index >= 15 is 0 Å². The molecule has 1 aliphatic heterocycles. The minimum absolute atomic E-state index is 0.159. The van der Waals surface area contributed by atoms with Gasteiger partial charge in [0.05, 0.1) is 10.2 Å². The lowest BCUT2D eigenvalue weighted by Gasteiger charge is -2.20. The van der Waals surface area contributed by atoms with Gasteiger partial charge in [-0.3, -0.25) is 0 Å². The number of hydrogen-bond acceptors (Lipinski definition) is 5. The number of ether oxygens (including phenoxy) is 1. The lowest BCUT2D eigenvalue weighted by Crippen LogP contribution is -2.38. The predicted molar refractivity (Wildman–Crippen MR) is 93.2 cm³/mol. The Labute approximate surface area is 147 Å². The summed E-state index contributed by atoms with van der Waals surface area (Å²) in [7, 11) is 1.63. The molecule has 7 nitrogen and oxygen atoms in total. The SMILES string of the molecule is Cc1cccc(N2NNN(C)C2=O)c1COc1ccc(O)cc1Br. The molecule has 3 rings (SSSR count). The second-order valence-corrected chi connectivity index (χ2v) is 6.23. The van der Waals surface area contributed by atoms with Crippen molar-refractivity contribution in [3.63, 3.8) is 0 Å². The summed E-state index contributed by atoms with van der Waals surface area (Å²) < 4.78 is 6.52. The van der Waals surface area contributed by atoms with Crippen LogP contribution < -0.4 is 20.8 Å². The summed E-state index contributed by atoms with van der Waals surface area (Å²) in [6, 6.07) is 10.3. The normalized spacial score (nSPS) is 14.4. The van der Waals surface area contributed by atoms with Crippen molar-refractivity contribution in [1.29, 1.82) is 0 Å². The molecule has 0 aromatic heterocycles. The number of urea groups is 1. The molecule has 3 N–H and O–H groups in total. The smallest absolute Gasteiger partial charge is 0.355 e. The van der Waals surface area contributed by atoms with Crippen LogP contribution in [0.2, 0.25) is 0 Å². The van der Waals surface area contributed by atoms with Gasteiger partial charge in [0.1, 0.15) is 18.1 Å². The number of halogens is 1. The fourth-order valence-electron chi connectivity index (χ4n) is 2.37. The number of carbonyl (C=O) groups is 1. The van der Waals surface area contributed by atoms with Crippen molar-refractivity contribution in [1.82, 2.24) is 16.1 Å². The number of hydrazine groups is 3. The molecule has 0 spiro atoms. The number of phenolic OH excluding ortho intramolecular Hbond substituents is 1. The minimum Gasteiger partial charge on any atom is -0.508 e. The maximum Gasteiger partial charge on any atom is 0.355 e. The Bertz CT molecular complexity index is 784. The van der Waals surface area contributed by atoms with Gasteiger partial charge in [0.2, 0.25) is 0 Å². The van der Waals surface area contributed by atoms with Crippen molar-refractivity contribution in [2.45, 2.75) is 13.5 Å². The van der Waals surface area contributed by atoms with Gasteiger partial charge in [-0.1, -0.05) is 12.1 Å². The third kappa shape index (κ3) is 3.16. The second-order valence-electron chi connectivity index (χ2n) is 5.38. The Kier molecular flexibility index (Phi) is 4.61. The van der Waals surface area contributed by atoms with E-state index in [4.69, 9.17) is 4.74 Å². The van der Waals surface area contributed by atoms with Crippen LogP contribution in [0.4, 0.5) is 10.5 Å². The third-order valence-electron chi connectivity index (χ3n) is 3.72. The zero-order valence-electron chi connectivity index (χ0n) is 13.2. The molecule has 0 atom stereocenters. The highest BCUT2D eigenvalue weighted by molar-refractivity contribution is 9.10. The number of phenols is 1. The highest BCUT2D eigenvalue weighted by atomic mass is 79.9. The van der Waals surface area contributed by atoms with Crippen molar-refractivity contribution in [3.05, 3.63) is 52.0 Å². The van der Waals surface area contributed by atoms with Gasteiger partial charge < -0.3 is 9.84 Å². The molecule has 0 bridgehead atoms. The Morgan fingerprint density at radius 2 is 2.04 bits per heavy atom. The molecule has 2 aromatic rings. The van der Waals surface area contributed by atoms with E-state index < -0.39 is 0 Å². The van der Waals surface area contributed by atoms with Gasteiger partial charge >= 0.3 is 6.03 Å². The molecule has 8 heteroatoms. The van der Waals surface area contributed by atoms with E-state index in [2.05, 4.69) is 27.0 Å². The van der Waals surface area contributed by atoms with Gasteiger partial charge in [0.15, 0.2) is 0 Å². The van der Waals surface area contributed by atoms with E-state index in [1.54, 1.807) is 25.2 Å². The van der Waals surface area contributed by atoms with Gasteiger partial charge in [-0.05, 0) is 52.7 Å². The van der Waals surface area contributed by atoms with E-state index in [1.165, 1.54) is 10.0 Å². The van der Waals surface area contributed by atoms with Crippen LogP contribution in [-0.2, 0) is 6.61 Å². The molecule has 2 aromatic carbocycles. The molecule has 1 fully saturated rings. The first-order valence-electron chi connectivity index (χ1n) is 7.26. The van der Waals surface area contributed by atoms with Crippen LogP contribution >= 0.6 is 15.9 Å². The maximum atomic E-state index is 12.2. The lowest BCUT2D eigenvalue weighted by molar-refractivity contribution is 0.214. The largest absolute Gasteiger partial charge is 0.508 e. The summed E-state index contributed by atoms with van der Waals surface area (Å²) in [6.45, 7) is 2.24. The first-order valence-corrected chi connectivity index (χ1v) is 8.05. The van der Waals surface area contributed by atoms with Crippen LogP contribution in [0.5, 0.6) is 11.5 Å². The second kappa shape index (κ2) is 6.68. The Morgan fingerprint density at radius 3 is 2.71 bits per heavy atom. The molecule has 126 valence electrons. The highest BCUT2D eigenvalue weighted by Gasteiger charge is 2.28. The molecule has 0 radical (unpaired) electrons. The van der Waals surface area contributed by atoms with Gasteiger partial charge in [-0.25, -0.2) is 14.8 Å². The quantitative estimate of drug-likeness (QED) is 0.745. The zero-order valence-corrected chi connectivity index (χ0v) is 14.8. The standard InChI is InChI=1S/C16H17BrN4O3/c1-10-4-3-5-14(21-16(23)20(2)18-19-21)12(10)9-24-15-7-6-11(22)8-13(15)17/h3-8,18-19,22H,9H2,1-2H3. The number of anilines is 1. The third-order valence-corrected chi connectivity index (χ3v) is 4.34. The Morgan fingerprint density at radius 1 is 1.25 bits per heavy atom. The molecule has 1 saturated heterocycles. The molecule has 0 unspecified atom stereocenters. The number of aryl methyl sites for hydroxylation is 1. The minimum atomic E-state index is -0.215. The Balaban J connectivity index is 1.86. The first kappa shape index (κ1) is 16.6. The van der Waals surface area contributed by atoms with Crippen molar-refractivity contribution < 1.29 is 14.6 Å². The number of aromatic hydroxyl groups is 1. The van der Waals surface area contributed by atoms with Gasteiger partial charge in [0, 0.05) is 12.6 Å². The van der Waals surface area contributed by atoms with Crippen LogP contribution in [0, 0.1) is 6.92 Å². The van der Waals surface area contributed by atoms with Crippen molar-refractivity contribution in [3.8, 4) is 11.5 Å². The number of amides is 2. The van der Waals surface area contributed by atoms with E-state index in [0.29, 0.717) is 15.9 Å². The molecular weight excluding hydrogens is 376 g/mol. The number of rotatable bonds is 4. The van der Waals surface area contributed by atoms with Crippen LogP contribution in [0.25, 0.3) is 0 Å². The van der Waals surface area contributed by atoms with E-state index in [9.17, 15) is 9.90 Å². The summed E-state index contributed by atoms with van der Waals surface area (Å²) >= 11 is 3.36. The van der Waals surface area contributed by atoms with E-state index in [1.807, 2.05) is 25.1 Å². The van der Waals surface area contributed by atoms with Gasteiger partial charge in [-0.15, -0.1) is 11.1 Å². The fourth-order valence-corrected chi connectivity index (χ4v) is 2.86. The van der Waals surface area contributed by atoms with Crippen LogP contribution in [0.3, 0.4) is 0 Å². The van der Waals surface area contributed by atoms with Gasteiger partial charge in [-0.2, -0.15) is 0 Å². The van der Waals surface area contributed by atoms with E-state index in [-0.39, 0.29) is 18.4 Å². The summed E-state index contributed by atoms with van der Waals surface area (Å²) in [4.78, 5) is 12.2. The first-order chi connectivity index (χ1) is 11.5. The molecular formula is C16H17BrN4O3. The van der Waals surface area contributed by atoms with Crippen LogP contribution in [-0.4, -0.2) is 23.2 Å². The van der Waals surface area contributed by atoms with Crippen molar-refractivity contribution in [2.75, 3.05) is 12.1 Å². The molecule has 0 saturated carbocycles. The number of carbonyl (C=O) groups excluding carboxylic acids is 1. The number of benzene rings is 2. The summed E-state index contributed by atoms with van der Waals surface area (Å²) in [5, 5.41) is 12.2. The van der Waals surface area contributed by atoms with Gasteiger partial charge in [0.25, 0.3) is 0 Å². The summed E-state index contributed by atoms with van der Waals surface area (Å²) in [5.41, 5.74) is 8.16. The average Bonchev–Trinajstić information content (AvgIpc) is 2.87. The monoisotopic (exact) mass is 392 g/mol. The summed E-state index contributed by atoms with van der Waals surface area (Å²) in [6.07, 6.45) is 0. The summed E-state index contributed by atoms with van der Waals surface area (Å²) in [5.74, 6) is 0.768.